The van der Waals surface area contributed by atoms with Gasteiger partial charge in [-0.15, -0.1) is 0 Å². The van der Waals surface area contributed by atoms with Gasteiger partial charge in [-0.3, -0.25) is 4.79 Å². The van der Waals surface area contributed by atoms with Crippen LogP contribution in [0.15, 0.2) is 45.6 Å². The molecule has 3 aromatic rings. The molecule has 0 spiro atoms. The predicted octanol–water partition coefficient (Wildman–Crippen LogP) is -1.78. The SMILES string of the molecule is COc1ccc(-c2cc(=O)c3c(O)c([C@@H]4OC(CO)[C@@H](O)[C@H](O)C4O[C@@H]4OC(CO)[C@@H](O)[C@H](O)C4O)c(O)cc3o2)cc1. The standard InChI is InChI=1S/C28H32O15/c1-39-11-4-2-10(3-5-11)14-6-12(31)18-15(40-14)7-13(32)19(22(18)35)26-27(24(37)21(34)16(8-29)41-26)43-28-25(38)23(36)20(33)17(9-30)42-28/h2-7,16-17,20-21,23-30,32-38H,8-9H2,1H3/t16?,17?,20-,21-,23+,24+,25?,26+,27?,28+/m1/s1. The first-order valence-corrected chi connectivity index (χ1v) is 13.3. The number of hydrogen-bond donors (Lipinski definition) is 9. The number of hydrogen-bond acceptors (Lipinski definition) is 15. The van der Waals surface area contributed by atoms with Crippen LogP contribution in [-0.2, 0) is 14.2 Å². The minimum Gasteiger partial charge on any atom is -0.507 e. The van der Waals surface area contributed by atoms with Crippen LogP contribution in [0.25, 0.3) is 22.3 Å². The lowest BCUT2D eigenvalue weighted by molar-refractivity contribution is -0.342. The first-order chi connectivity index (χ1) is 20.5. The van der Waals surface area contributed by atoms with E-state index in [4.69, 9.17) is 23.4 Å². The molecule has 2 saturated heterocycles. The second kappa shape index (κ2) is 12.3. The number of phenolic OH excluding ortho intramolecular Hbond substituents is 2. The Kier molecular flexibility index (Phi) is 8.92. The van der Waals surface area contributed by atoms with Crippen molar-refractivity contribution >= 4 is 11.0 Å². The van der Waals surface area contributed by atoms with Gasteiger partial charge in [0.2, 0.25) is 0 Å². The van der Waals surface area contributed by atoms with Gasteiger partial charge in [-0.2, -0.15) is 0 Å². The molecule has 2 aliphatic heterocycles. The molecule has 2 fully saturated rings. The molecule has 2 aromatic carbocycles. The van der Waals surface area contributed by atoms with Gasteiger partial charge >= 0.3 is 0 Å². The van der Waals surface area contributed by atoms with Crippen molar-refractivity contribution in [1.82, 2.24) is 0 Å². The van der Waals surface area contributed by atoms with E-state index < -0.39 is 96.9 Å². The Balaban J connectivity index is 1.57. The van der Waals surface area contributed by atoms with Crippen LogP contribution in [0.4, 0.5) is 0 Å². The van der Waals surface area contributed by atoms with Gasteiger partial charge in [0, 0.05) is 17.7 Å². The predicted molar refractivity (Wildman–Crippen MR) is 143 cm³/mol. The van der Waals surface area contributed by atoms with Gasteiger partial charge in [0.25, 0.3) is 0 Å². The maximum atomic E-state index is 13.2. The van der Waals surface area contributed by atoms with E-state index in [-0.39, 0.29) is 16.7 Å². The molecule has 9 N–H and O–H groups in total. The van der Waals surface area contributed by atoms with E-state index in [9.17, 15) is 50.8 Å². The van der Waals surface area contributed by atoms with Crippen LogP contribution in [0, 0.1) is 0 Å². The molecule has 15 nitrogen and oxygen atoms in total. The molecule has 1 aromatic heterocycles. The van der Waals surface area contributed by atoms with E-state index in [2.05, 4.69) is 0 Å². The van der Waals surface area contributed by atoms with Crippen LogP contribution >= 0.6 is 0 Å². The number of aliphatic hydroxyl groups is 7. The molecule has 0 aliphatic carbocycles. The summed E-state index contributed by atoms with van der Waals surface area (Å²) in [6.07, 6.45) is -17.3. The third kappa shape index (κ3) is 5.56. The van der Waals surface area contributed by atoms with Gasteiger partial charge in [0.05, 0.1) is 25.9 Å². The summed E-state index contributed by atoms with van der Waals surface area (Å²) in [5.74, 6) is -0.831. The number of aliphatic hydroxyl groups excluding tert-OH is 7. The fraction of sp³-hybridized carbons (Fsp3) is 0.464. The Labute approximate surface area is 242 Å². The van der Waals surface area contributed by atoms with Crippen LogP contribution < -0.4 is 10.2 Å². The number of benzene rings is 2. The maximum Gasteiger partial charge on any atom is 0.197 e. The van der Waals surface area contributed by atoms with Gasteiger partial charge in [-0.1, -0.05) is 0 Å². The van der Waals surface area contributed by atoms with E-state index in [1.807, 2.05) is 0 Å². The Morgan fingerprint density at radius 3 is 2.07 bits per heavy atom. The summed E-state index contributed by atoms with van der Waals surface area (Å²) < 4.78 is 27.7. The van der Waals surface area contributed by atoms with Gasteiger partial charge in [-0.25, -0.2) is 0 Å². The first-order valence-electron chi connectivity index (χ1n) is 13.3. The van der Waals surface area contributed by atoms with Crippen molar-refractivity contribution in [2.75, 3.05) is 20.3 Å². The number of methoxy groups -OCH3 is 1. The average molecular weight is 609 g/mol. The number of phenols is 2. The lowest BCUT2D eigenvalue weighted by Crippen LogP contribution is -2.62. The van der Waals surface area contributed by atoms with Crippen molar-refractivity contribution < 1.29 is 69.3 Å². The van der Waals surface area contributed by atoms with Gasteiger partial charge in [-0.05, 0) is 24.3 Å². The van der Waals surface area contributed by atoms with Gasteiger partial charge < -0.3 is 69.3 Å². The highest BCUT2D eigenvalue weighted by Gasteiger charge is 2.52. The van der Waals surface area contributed by atoms with Crippen molar-refractivity contribution in [3.63, 3.8) is 0 Å². The van der Waals surface area contributed by atoms with Gasteiger partial charge in [0.1, 0.15) is 88.9 Å². The second-order valence-electron chi connectivity index (χ2n) is 10.3. The van der Waals surface area contributed by atoms with E-state index >= 15 is 0 Å². The third-order valence-corrected chi connectivity index (χ3v) is 7.68. The summed E-state index contributed by atoms with van der Waals surface area (Å²) in [5, 5.41) is 93.4. The molecule has 0 radical (unpaired) electrons. The second-order valence-corrected chi connectivity index (χ2v) is 10.3. The Hall–Kier alpha value is -3.35. The van der Waals surface area contributed by atoms with Gasteiger partial charge in [0.15, 0.2) is 11.7 Å². The Bertz CT molecular complexity index is 1490. The molecule has 0 bridgehead atoms. The Morgan fingerprint density at radius 2 is 1.44 bits per heavy atom. The van der Waals surface area contributed by atoms with Crippen LogP contribution in [-0.4, -0.2) is 121 Å². The highest BCUT2D eigenvalue weighted by molar-refractivity contribution is 5.88. The molecule has 234 valence electrons. The molecule has 15 heteroatoms. The normalized spacial score (nSPS) is 33.0. The summed E-state index contributed by atoms with van der Waals surface area (Å²) in [5.41, 5.74) is -0.920. The molecule has 0 saturated carbocycles. The molecule has 2 aliphatic rings. The van der Waals surface area contributed by atoms with Crippen LogP contribution in [0.2, 0.25) is 0 Å². The molecule has 43 heavy (non-hydrogen) atoms. The highest BCUT2D eigenvalue weighted by Crippen LogP contribution is 2.46. The molecule has 3 heterocycles. The highest BCUT2D eigenvalue weighted by atomic mass is 16.7. The van der Waals surface area contributed by atoms with Crippen LogP contribution in [0.1, 0.15) is 11.7 Å². The average Bonchev–Trinajstić information content (AvgIpc) is 2.99. The summed E-state index contributed by atoms with van der Waals surface area (Å²) in [4.78, 5) is 13.2. The van der Waals surface area contributed by atoms with Crippen LogP contribution in [0.5, 0.6) is 17.2 Å². The Morgan fingerprint density at radius 1 is 0.814 bits per heavy atom. The molecule has 0 amide bonds. The van der Waals surface area contributed by atoms with Crippen molar-refractivity contribution in [1.29, 1.82) is 0 Å². The quantitative estimate of drug-likeness (QED) is 0.144. The zero-order valence-electron chi connectivity index (χ0n) is 22.6. The molecular formula is C28H32O15. The zero-order valence-corrected chi connectivity index (χ0v) is 22.6. The largest absolute Gasteiger partial charge is 0.507 e. The fourth-order valence-corrected chi connectivity index (χ4v) is 5.29. The number of ether oxygens (including phenoxy) is 4. The summed E-state index contributed by atoms with van der Waals surface area (Å²) in [7, 11) is 1.49. The fourth-order valence-electron chi connectivity index (χ4n) is 5.29. The lowest BCUT2D eigenvalue weighted by Gasteiger charge is -2.46. The van der Waals surface area contributed by atoms with Crippen molar-refractivity contribution in [3.05, 3.63) is 52.2 Å². The topological polar surface area (TPSA) is 249 Å². The lowest BCUT2D eigenvalue weighted by atomic mass is 9.89. The monoisotopic (exact) mass is 608 g/mol. The van der Waals surface area contributed by atoms with E-state index in [0.29, 0.717) is 11.3 Å². The number of fused-ring (bicyclic) bond motifs is 1. The third-order valence-electron chi connectivity index (χ3n) is 7.68. The number of aromatic hydroxyl groups is 2. The minimum atomic E-state index is -1.92. The molecule has 4 unspecified atom stereocenters. The zero-order chi connectivity index (χ0) is 31.2. The first kappa shape index (κ1) is 31.1. The summed E-state index contributed by atoms with van der Waals surface area (Å²) in [6, 6.07) is 8.70. The summed E-state index contributed by atoms with van der Waals surface area (Å²) >= 11 is 0. The van der Waals surface area contributed by atoms with E-state index in [1.165, 1.54) is 7.11 Å². The van der Waals surface area contributed by atoms with Crippen LogP contribution in [0.3, 0.4) is 0 Å². The van der Waals surface area contributed by atoms with Crippen molar-refractivity contribution in [2.45, 2.75) is 61.2 Å². The smallest absolute Gasteiger partial charge is 0.197 e. The molecule has 10 atom stereocenters. The molecular weight excluding hydrogens is 576 g/mol. The summed E-state index contributed by atoms with van der Waals surface area (Å²) in [6.45, 7) is -1.60. The minimum absolute atomic E-state index is 0.114. The maximum absolute atomic E-state index is 13.2. The van der Waals surface area contributed by atoms with E-state index in [1.54, 1.807) is 24.3 Å². The van der Waals surface area contributed by atoms with Crippen molar-refractivity contribution in [2.24, 2.45) is 0 Å². The van der Waals surface area contributed by atoms with Crippen molar-refractivity contribution in [3.8, 4) is 28.6 Å². The molecule has 5 rings (SSSR count). The number of rotatable bonds is 7. The van der Waals surface area contributed by atoms with E-state index in [0.717, 1.165) is 12.1 Å².